The number of ketones is 2. The molecule has 4 fully saturated rings. The molecule has 4 aliphatic heterocycles. The molecule has 88 heavy (non-hydrogen) atoms. The number of anilines is 1. The molecule has 11 rings (SSSR count). The highest BCUT2D eigenvalue weighted by atomic mass is 32.2. The van der Waals surface area contributed by atoms with E-state index in [9.17, 15) is 39.3 Å². The molecule has 5 heterocycles. The quantitative estimate of drug-likeness (QED) is 0.0300. The summed E-state index contributed by atoms with van der Waals surface area (Å²) in [4.78, 5) is 77.4. The largest absolute Gasteiger partial charge is 0.507 e. The number of phenols is 2. The van der Waals surface area contributed by atoms with Crippen molar-refractivity contribution in [3.05, 3.63) is 92.8 Å². The van der Waals surface area contributed by atoms with Crippen molar-refractivity contribution < 1.29 is 82.0 Å². The van der Waals surface area contributed by atoms with E-state index in [2.05, 4.69) is 44.5 Å². The summed E-state index contributed by atoms with van der Waals surface area (Å²) in [6, 6.07) is 10.7. The van der Waals surface area contributed by atoms with Gasteiger partial charge < -0.3 is 63.8 Å². The molecule has 10 atom stereocenters. The topological polar surface area (TPSA) is 299 Å². The van der Waals surface area contributed by atoms with E-state index in [-0.39, 0.29) is 72.6 Å². The fourth-order valence-corrected chi connectivity index (χ4v) is 15.8. The van der Waals surface area contributed by atoms with Crippen LogP contribution in [0.4, 0.5) is 5.69 Å². The zero-order valence-corrected chi connectivity index (χ0v) is 51.5. The minimum absolute atomic E-state index is 0.0545. The van der Waals surface area contributed by atoms with Gasteiger partial charge in [0.1, 0.15) is 23.4 Å². The number of ether oxygens (including phenoxy) is 8. The lowest BCUT2D eigenvalue weighted by atomic mass is 9.72. The first-order chi connectivity index (χ1) is 42.7. The normalized spacial score (nSPS) is 27.1. The van der Waals surface area contributed by atoms with Crippen LogP contribution in [-0.4, -0.2) is 178 Å². The number of aromatic hydroxyl groups is 2. The molecule has 4 aromatic rings. The van der Waals surface area contributed by atoms with E-state index >= 15 is 0 Å². The number of hydrogen-bond acceptors (Lipinski definition) is 22. The summed E-state index contributed by atoms with van der Waals surface area (Å²) in [5.74, 6) is -2.90. The summed E-state index contributed by atoms with van der Waals surface area (Å²) in [7, 11) is 2.87. The summed E-state index contributed by atoms with van der Waals surface area (Å²) in [6.07, 6.45) is 6.54. The van der Waals surface area contributed by atoms with Crippen LogP contribution in [0.25, 0.3) is 0 Å². The van der Waals surface area contributed by atoms with Gasteiger partial charge in [-0.05, 0) is 49.9 Å². The zero-order chi connectivity index (χ0) is 61.5. The summed E-state index contributed by atoms with van der Waals surface area (Å²) in [6.45, 7) is 4.06. The molecule has 476 valence electrons. The molecule has 1 aromatic heterocycles. The van der Waals surface area contributed by atoms with Crippen molar-refractivity contribution in [1.82, 2.24) is 30.7 Å². The fourth-order valence-electron chi connectivity index (χ4n) is 13.0. The third kappa shape index (κ3) is 14.4. The molecule has 6 N–H and O–H groups in total. The third-order valence-electron chi connectivity index (χ3n) is 17.5. The Balaban J connectivity index is 0.634. The summed E-state index contributed by atoms with van der Waals surface area (Å²) >= 11 is 4.11. The Bertz CT molecular complexity index is 3130. The van der Waals surface area contributed by atoms with Gasteiger partial charge in [-0.15, -0.1) is 0 Å². The molecular weight excluding hydrogens is 1180 g/mol. The van der Waals surface area contributed by atoms with Crippen molar-refractivity contribution in [1.29, 1.82) is 0 Å². The van der Waals surface area contributed by atoms with Crippen molar-refractivity contribution in [2.75, 3.05) is 65.7 Å². The van der Waals surface area contributed by atoms with Gasteiger partial charge in [0.25, 0.3) is 5.91 Å². The van der Waals surface area contributed by atoms with Crippen LogP contribution in [0.2, 0.25) is 0 Å². The predicted octanol–water partition coefficient (Wildman–Crippen LogP) is 5.91. The average Bonchev–Trinajstić information content (AvgIpc) is 1.62. The van der Waals surface area contributed by atoms with E-state index in [4.69, 9.17) is 52.9 Å². The van der Waals surface area contributed by atoms with Gasteiger partial charge >= 0.3 is 0 Å². The van der Waals surface area contributed by atoms with Gasteiger partial charge in [0.15, 0.2) is 30.2 Å². The van der Waals surface area contributed by atoms with Gasteiger partial charge in [0.2, 0.25) is 17.6 Å². The second kappa shape index (κ2) is 29.0. The minimum atomic E-state index is -2.39. The molecule has 2 unspecified atom stereocenters. The van der Waals surface area contributed by atoms with E-state index in [1.807, 2.05) is 6.92 Å². The number of aliphatic hydroxyl groups is 1. The Morgan fingerprint density at radius 2 is 1.52 bits per heavy atom. The molecule has 3 amide bonds. The van der Waals surface area contributed by atoms with Crippen LogP contribution < -0.4 is 20.9 Å². The predicted molar refractivity (Wildman–Crippen MR) is 321 cm³/mol. The van der Waals surface area contributed by atoms with Crippen LogP contribution in [0.15, 0.2) is 42.5 Å². The van der Waals surface area contributed by atoms with E-state index < -0.39 is 102 Å². The Morgan fingerprint density at radius 3 is 2.24 bits per heavy atom. The van der Waals surface area contributed by atoms with Gasteiger partial charge in [-0.2, -0.15) is 38.5 Å². The van der Waals surface area contributed by atoms with Crippen LogP contribution in [0.1, 0.15) is 150 Å². The van der Waals surface area contributed by atoms with Crippen molar-refractivity contribution >= 4 is 58.5 Å². The highest BCUT2D eigenvalue weighted by molar-refractivity contribution is 8.00. The molecule has 3 aliphatic carbocycles. The number of nitrogens with zero attached hydrogens (tertiary/aromatic N) is 4. The number of morpholine rings is 1. The first kappa shape index (κ1) is 63.8. The molecule has 26 heteroatoms. The number of amides is 3. The molecule has 0 spiro atoms. The van der Waals surface area contributed by atoms with Crippen LogP contribution in [0.5, 0.6) is 17.2 Å². The SMILES string of the molecule is COc1cccc2c1C(=O)c1c(O)c3c(c(O)c1C2=O)C[C@@](O)(C(=O)NOCc1ccc(NC(=O)CNC(=O)CCOCCOCCn2nc4c(n2)CSC2CCCCCCCCC(C2)SC4)cc1)C[C@@H]3O[C@H]1C[C@H]2[C@H](O[C@@H]3[C@@H](OC)OCCN32)[C@H](C)O1. The highest BCUT2D eigenvalue weighted by Gasteiger charge is 2.55. The van der Waals surface area contributed by atoms with Gasteiger partial charge in [-0.25, -0.2) is 5.48 Å². The molecule has 1 saturated carbocycles. The number of aromatic nitrogens is 3. The molecule has 24 nitrogen and oxygen atoms in total. The lowest BCUT2D eigenvalue weighted by molar-refractivity contribution is -0.256. The number of rotatable bonds is 20. The number of hydrogen-bond donors (Lipinski definition) is 6. The number of methoxy groups -OCH3 is 2. The number of carbonyl (C=O) groups excluding carboxylic acids is 5. The second-order valence-corrected chi connectivity index (χ2v) is 26.0. The molecule has 3 saturated heterocycles. The number of fused-ring (bicyclic) bond motifs is 9. The number of nitrogens with one attached hydrogen (secondary N) is 3. The van der Waals surface area contributed by atoms with Gasteiger partial charge in [0.05, 0.1) is 100 Å². The van der Waals surface area contributed by atoms with Gasteiger partial charge in [-0.3, -0.25) is 33.7 Å². The lowest BCUT2D eigenvalue weighted by Gasteiger charge is -2.43. The highest BCUT2D eigenvalue weighted by Crippen LogP contribution is 2.53. The molecule has 3 aromatic carbocycles. The maximum Gasteiger partial charge on any atom is 0.275 e. The third-order valence-corrected chi connectivity index (χ3v) is 20.2. The standard InChI is InChI=1S/C62H79N7O17S2/c1-35-58-44(68-20-24-82-60(79-3)59(68)86-58)28-49(84-35)85-46-30-62(77,29-41-51(46)57(75)53-52(55(41)73)54(72)40-13-10-14-45(78-2)50(40)56(53)74)61(76)67-83-32-36-15-17-37(18-16-36)64-48(71)31-63-47(70)19-22-80-25-26-81-23-21-69-65-42-33-87-38-11-8-6-4-5-7-9-12-39(27-38)88-34-43(42)66-69/h10,13-18,35,38-39,44,46,49,58-60,73,75,77H,4-9,11-12,19-34H2,1-3H3,(H,63,70)(H,64,71)(H,67,76)/t35-,38?,39?,44-,46-,49-,58+,59+,60-,62-/m0/s1. The monoisotopic (exact) mass is 1260 g/mol. The number of hydroxylamine groups is 1. The average molecular weight is 1260 g/mol. The minimum Gasteiger partial charge on any atom is -0.507 e. The van der Waals surface area contributed by atoms with Crippen molar-refractivity contribution in [3.8, 4) is 17.2 Å². The van der Waals surface area contributed by atoms with Gasteiger partial charge in [-0.1, -0.05) is 62.8 Å². The summed E-state index contributed by atoms with van der Waals surface area (Å²) in [5, 5.41) is 52.9. The maximum atomic E-state index is 14.3. The molecule has 0 radical (unpaired) electrons. The Hall–Kier alpha value is -5.75. The van der Waals surface area contributed by atoms with Crippen LogP contribution in [0, 0.1) is 0 Å². The molecule has 7 aliphatic rings. The number of benzene rings is 3. The van der Waals surface area contributed by atoms with E-state index in [0.29, 0.717) is 61.3 Å². The number of carbonyl (C=O) groups is 5. The molecule has 2 bridgehead atoms. The summed E-state index contributed by atoms with van der Waals surface area (Å²) in [5.41, 5.74) is 1.67. The Labute approximate surface area is 519 Å². The number of phenolic OH excluding ortho intramolecular Hbond substituents is 2. The second-order valence-electron chi connectivity index (χ2n) is 23.4. The van der Waals surface area contributed by atoms with E-state index in [1.165, 1.54) is 90.2 Å². The molecular formula is C62H79N7O17S2. The van der Waals surface area contributed by atoms with Crippen LogP contribution in [-0.2, 0) is 83.5 Å². The smallest absolute Gasteiger partial charge is 0.275 e. The van der Waals surface area contributed by atoms with E-state index in [1.54, 1.807) is 29.1 Å². The van der Waals surface area contributed by atoms with Crippen LogP contribution in [0.3, 0.4) is 0 Å². The summed E-state index contributed by atoms with van der Waals surface area (Å²) < 4.78 is 47.5. The van der Waals surface area contributed by atoms with Crippen LogP contribution >= 0.6 is 23.5 Å². The number of thioether (sulfide) groups is 2. The fraction of sp³-hybridized carbons (Fsp3) is 0.597. The van der Waals surface area contributed by atoms with Gasteiger partial charge in [0, 0.05) is 89.8 Å². The van der Waals surface area contributed by atoms with Crippen molar-refractivity contribution in [2.24, 2.45) is 0 Å². The maximum absolute atomic E-state index is 14.3. The Kier molecular flexibility index (Phi) is 21.0. The first-order valence-electron chi connectivity index (χ1n) is 30.5. The lowest BCUT2D eigenvalue weighted by Crippen LogP contribution is -2.55. The van der Waals surface area contributed by atoms with E-state index in [0.717, 1.165) is 22.9 Å². The van der Waals surface area contributed by atoms with Crippen molar-refractivity contribution in [3.63, 3.8) is 0 Å². The Morgan fingerprint density at radius 1 is 0.818 bits per heavy atom. The van der Waals surface area contributed by atoms with Crippen molar-refractivity contribution in [2.45, 2.75) is 174 Å². The zero-order valence-electron chi connectivity index (χ0n) is 49.9. The first-order valence-corrected chi connectivity index (χ1v) is 32.6.